The Balaban J connectivity index is 3.35. The van der Waals surface area contributed by atoms with Crippen molar-refractivity contribution in [2.75, 3.05) is 20.8 Å². The molecule has 0 saturated heterocycles. The van der Waals surface area contributed by atoms with Crippen molar-refractivity contribution in [2.24, 2.45) is 0 Å². The molecule has 1 rings (SSSR count). The van der Waals surface area contributed by atoms with E-state index in [1.54, 1.807) is 0 Å². The smallest absolute Gasteiger partial charge is 0.175 e. The zero-order chi connectivity index (χ0) is 11.4. The van der Waals surface area contributed by atoms with Gasteiger partial charge in [0.15, 0.2) is 11.5 Å². The molecule has 0 unspecified atom stereocenters. The molecule has 5 heteroatoms. The van der Waals surface area contributed by atoms with Crippen LogP contribution in [0.2, 0.25) is 0 Å². The van der Waals surface area contributed by atoms with E-state index in [-0.39, 0.29) is 13.0 Å². The number of rotatable bonds is 4. The van der Waals surface area contributed by atoms with Crippen LogP contribution >= 0.6 is 15.9 Å². The Bertz CT molecular complexity index is 355. The maximum Gasteiger partial charge on any atom is 0.175 e. The molecule has 0 aromatic heterocycles. The van der Waals surface area contributed by atoms with Gasteiger partial charge in [0.05, 0.1) is 18.7 Å². The quantitative estimate of drug-likeness (QED) is 0.917. The number of aliphatic hydroxyl groups excluding tert-OH is 1. The molecule has 0 fully saturated rings. The van der Waals surface area contributed by atoms with Crippen LogP contribution in [0.25, 0.3) is 0 Å². The van der Waals surface area contributed by atoms with E-state index in [1.165, 1.54) is 20.3 Å². The highest BCUT2D eigenvalue weighted by atomic mass is 79.9. The van der Waals surface area contributed by atoms with Gasteiger partial charge in [-0.3, -0.25) is 0 Å². The molecule has 1 aromatic rings. The fraction of sp³-hybridized carbons (Fsp3) is 0.400. The number of aliphatic hydroxyl groups is 1. The molecule has 0 spiro atoms. The maximum atomic E-state index is 13.5. The van der Waals surface area contributed by atoms with Crippen molar-refractivity contribution >= 4 is 15.9 Å². The van der Waals surface area contributed by atoms with E-state index in [4.69, 9.17) is 14.6 Å². The van der Waals surface area contributed by atoms with Gasteiger partial charge in [-0.15, -0.1) is 0 Å². The monoisotopic (exact) mass is 278 g/mol. The Morgan fingerprint density at radius 3 is 2.40 bits per heavy atom. The molecule has 3 nitrogen and oxygen atoms in total. The van der Waals surface area contributed by atoms with E-state index in [9.17, 15) is 4.39 Å². The van der Waals surface area contributed by atoms with Crippen LogP contribution in [0.1, 0.15) is 5.56 Å². The molecule has 0 aliphatic rings. The lowest BCUT2D eigenvalue weighted by molar-refractivity contribution is 0.291. The number of halogens is 2. The topological polar surface area (TPSA) is 38.7 Å². The lowest BCUT2D eigenvalue weighted by Gasteiger charge is -2.14. The van der Waals surface area contributed by atoms with Crippen LogP contribution in [0.4, 0.5) is 4.39 Å². The van der Waals surface area contributed by atoms with Crippen LogP contribution in [0, 0.1) is 5.82 Å². The fourth-order valence-electron chi connectivity index (χ4n) is 1.37. The molecule has 0 saturated carbocycles. The minimum Gasteiger partial charge on any atom is -0.492 e. The zero-order valence-electron chi connectivity index (χ0n) is 8.51. The number of hydrogen-bond donors (Lipinski definition) is 1. The molecule has 0 radical (unpaired) electrons. The Morgan fingerprint density at radius 2 is 1.93 bits per heavy atom. The molecular weight excluding hydrogens is 267 g/mol. The predicted octanol–water partition coefficient (Wildman–Crippen LogP) is 2.14. The second-order valence-electron chi connectivity index (χ2n) is 2.86. The highest BCUT2D eigenvalue weighted by molar-refractivity contribution is 9.10. The highest BCUT2D eigenvalue weighted by Crippen LogP contribution is 2.39. The second-order valence-corrected chi connectivity index (χ2v) is 3.71. The third-order valence-electron chi connectivity index (χ3n) is 2.01. The Morgan fingerprint density at radius 1 is 1.33 bits per heavy atom. The van der Waals surface area contributed by atoms with Crippen LogP contribution in [0.3, 0.4) is 0 Å². The Kier molecular flexibility index (Phi) is 4.35. The summed E-state index contributed by atoms with van der Waals surface area (Å²) in [6.07, 6.45) is 0.193. The molecule has 1 N–H and O–H groups in total. The number of methoxy groups -OCH3 is 2. The van der Waals surface area contributed by atoms with Crippen molar-refractivity contribution < 1.29 is 19.0 Å². The fourth-order valence-corrected chi connectivity index (χ4v) is 1.91. The van der Waals surface area contributed by atoms with E-state index in [0.717, 1.165) is 0 Å². The van der Waals surface area contributed by atoms with E-state index < -0.39 is 5.82 Å². The van der Waals surface area contributed by atoms with Crippen molar-refractivity contribution in [3.05, 3.63) is 21.9 Å². The van der Waals surface area contributed by atoms with Crippen LogP contribution in [0.15, 0.2) is 10.5 Å². The maximum absolute atomic E-state index is 13.5. The summed E-state index contributed by atoms with van der Waals surface area (Å²) >= 11 is 3.18. The molecule has 0 bridgehead atoms. The van der Waals surface area contributed by atoms with Gasteiger partial charge in [-0.05, 0) is 22.0 Å². The van der Waals surface area contributed by atoms with Gasteiger partial charge in [0, 0.05) is 18.6 Å². The minimum absolute atomic E-state index is 0.141. The Labute approximate surface area is 95.9 Å². The van der Waals surface area contributed by atoms with Crippen molar-refractivity contribution in [1.82, 2.24) is 0 Å². The molecule has 1 aromatic carbocycles. The van der Waals surface area contributed by atoms with Crippen LogP contribution in [-0.2, 0) is 6.42 Å². The van der Waals surface area contributed by atoms with Gasteiger partial charge in [-0.1, -0.05) is 0 Å². The van der Waals surface area contributed by atoms with Crippen LogP contribution < -0.4 is 9.47 Å². The molecule has 0 aliphatic carbocycles. The molecule has 0 aliphatic heterocycles. The molecule has 0 heterocycles. The van der Waals surface area contributed by atoms with Crippen LogP contribution in [-0.4, -0.2) is 25.9 Å². The summed E-state index contributed by atoms with van der Waals surface area (Å²) in [6, 6.07) is 1.30. The van der Waals surface area contributed by atoms with Gasteiger partial charge in [-0.25, -0.2) is 4.39 Å². The number of benzene rings is 1. The van der Waals surface area contributed by atoms with E-state index >= 15 is 0 Å². The lowest BCUT2D eigenvalue weighted by Crippen LogP contribution is -2.02. The van der Waals surface area contributed by atoms with Crippen LogP contribution in [0.5, 0.6) is 11.5 Å². The van der Waals surface area contributed by atoms with Gasteiger partial charge in [0.1, 0.15) is 5.82 Å². The largest absolute Gasteiger partial charge is 0.492 e. The van der Waals surface area contributed by atoms with E-state index in [2.05, 4.69) is 15.9 Å². The number of hydrogen-bond acceptors (Lipinski definition) is 3. The summed E-state index contributed by atoms with van der Waals surface area (Å²) in [6.45, 7) is -0.141. The van der Waals surface area contributed by atoms with Gasteiger partial charge >= 0.3 is 0 Å². The summed E-state index contributed by atoms with van der Waals surface area (Å²) < 4.78 is 24.2. The molecule has 84 valence electrons. The summed E-state index contributed by atoms with van der Waals surface area (Å²) in [5.41, 5.74) is 0.319. The first-order valence-electron chi connectivity index (χ1n) is 4.35. The first-order chi connectivity index (χ1) is 7.15. The van der Waals surface area contributed by atoms with Gasteiger partial charge in [-0.2, -0.15) is 0 Å². The zero-order valence-corrected chi connectivity index (χ0v) is 10.1. The van der Waals surface area contributed by atoms with Gasteiger partial charge in [0.2, 0.25) is 0 Å². The van der Waals surface area contributed by atoms with Gasteiger partial charge in [0.25, 0.3) is 0 Å². The third-order valence-corrected chi connectivity index (χ3v) is 2.60. The predicted molar refractivity (Wildman–Crippen MR) is 58.0 cm³/mol. The lowest BCUT2D eigenvalue weighted by atomic mass is 10.1. The summed E-state index contributed by atoms with van der Waals surface area (Å²) in [5, 5.41) is 8.82. The normalized spacial score (nSPS) is 10.2. The third kappa shape index (κ3) is 2.41. The van der Waals surface area contributed by atoms with E-state index in [1.807, 2.05) is 0 Å². The van der Waals surface area contributed by atoms with Crippen molar-refractivity contribution in [3.8, 4) is 11.5 Å². The highest BCUT2D eigenvalue weighted by Gasteiger charge is 2.18. The average Bonchev–Trinajstić information content (AvgIpc) is 2.21. The van der Waals surface area contributed by atoms with Crippen molar-refractivity contribution in [3.63, 3.8) is 0 Å². The molecule has 0 atom stereocenters. The van der Waals surface area contributed by atoms with Crippen molar-refractivity contribution in [1.29, 1.82) is 0 Å². The Hall–Kier alpha value is -0.810. The molecular formula is C10H12BrFO3. The first kappa shape index (κ1) is 12.3. The standard InChI is InChI=1S/C10H12BrFO3/c1-14-9-6(3-4-13)8(12)5-7(11)10(9)15-2/h5,13H,3-4H2,1-2H3. The SMILES string of the molecule is COc1c(Br)cc(F)c(CCO)c1OC. The number of ether oxygens (including phenoxy) is 2. The summed E-state index contributed by atoms with van der Waals surface area (Å²) in [4.78, 5) is 0. The van der Waals surface area contributed by atoms with Gasteiger partial charge < -0.3 is 14.6 Å². The molecule has 0 amide bonds. The van der Waals surface area contributed by atoms with Crippen molar-refractivity contribution in [2.45, 2.75) is 6.42 Å². The van der Waals surface area contributed by atoms with E-state index in [0.29, 0.717) is 21.5 Å². The second kappa shape index (κ2) is 5.32. The minimum atomic E-state index is -0.423. The molecule has 15 heavy (non-hydrogen) atoms. The summed E-state index contributed by atoms with van der Waals surface area (Å²) in [7, 11) is 2.91. The first-order valence-corrected chi connectivity index (χ1v) is 5.14. The average molecular weight is 279 g/mol. The summed E-state index contributed by atoms with van der Waals surface area (Å²) in [5.74, 6) is 0.328.